The number of hydrogen-bond acceptors (Lipinski definition) is 4. The van der Waals surface area contributed by atoms with E-state index in [-0.39, 0.29) is 17.7 Å². The molecular formula is C21H24N2O4. The fourth-order valence-corrected chi connectivity index (χ4v) is 2.68. The van der Waals surface area contributed by atoms with Crippen LogP contribution < -0.4 is 20.1 Å². The minimum atomic E-state index is -0.717. The normalized spacial score (nSPS) is 14.2. The van der Waals surface area contributed by atoms with Gasteiger partial charge < -0.3 is 20.1 Å². The molecule has 27 heavy (non-hydrogen) atoms. The third-order valence-electron chi connectivity index (χ3n) is 4.54. The van der Waals surface area contributed by atoms with Crippen LogP contribution in [-0.2, 0) is 9.59 Å². The Kier molecular flexibility index (Phi) is 5.64. The van der Waals surface area contributed by atoms with Gasteiger partial charge in [0, 0.05) is 17.3 Å². The number of nitrogens with one attached hydrogen (secondary N) is 2. The van der Waals surface area contributed by atoms with Gasteiger partial charge in [-0.15, -0.1) is 0 Å². The summed E-state index contributed by atoms with van der Waals surface area (Å²) >= 11 is 0. The van der Waals surface area contributed by atoms with Gasteiger partial charge in [0.1, 0.15) is 0 Å². The molecule has 1 fully saturated rings. The largest absolute Gasteiger partial charge is 0.493 e. The number of benzene rings is 2. The van der Waals surface area contributed by atoms with Gasteiger partial charge in [-0.25, -0.2) is 0 Å². The zero-order valence-electron chi connectivity index (χ0n) is 15.7. The average molecular weight is 368 g/mol. The van der Waals surface area contributed by atoms with Crippen molar-refractivity contribution in [3.63, 3.8) is 0 Å². The van der Waals surface area contributed by atoms with E-state index in [4.69, 9.17) is 9.47 Å². The summed E-state index contributed by atoms with van der Waals surface area (Å²) < 4.78 is 11.0. The van der Waals surface area contributed by atoms with Crippen molar-refractivity contribution in [2.24, 2.45) is 5.92 Å². The second-order valence-corrected chi connectivity index (χ2v) is 6.64. The number of para-hydroxylation sites is 2. The number of carbonyl (C=O) groups excluding carboxylic acids is 2. The Morgan fingerprint density at radius 1 is 1.00 bits per heavy atom. The fourth-order valence-electron chi connectivity index (χ4n) is 2.68. The summed E-state index contributed by atoms with van der Waals surface area (Å²) in [7, 11) is 1.55. The van der Waals surface area contributed by atoms with Crippen molar-refractivity contribution in [3.05, 3.63) is 48.0 Å². The third-order valence-corrected chi connectivity index (χ3v) is 4.54. The summed E-state index contributed by atoms with van der Waals surface area (Å²) in [5, 5.41) is 5.80. The maximum absolute atomic E-state index is 12.6. The summed E-state index contributed by atoms with van der Waals surface area (Å²) in [6.07, 6.45) is 1.17. The topological polar surface area (TPSA) is 76.7 Å². The molecule has 0 radical (unpaired) electrons. The maximum Gasteiger partial charge on any atom is 0.265 e. The molecule has 0 spiro atoms. The van der Waals surface area contributed by atoms with E-state index in [1.807, 2.05) is 25.1 Å². The number of anilines is 2. The van der Waals surface area contributed by atoms with Crippen LogP contribution in [0.4, 0.5) is 11.4 Å². The van der Waals surface area contributed by atoms with E-state index < -0.39 is 6.10 Å². The molecule has 3 rings (SSSR count). The van der Waals surface area contributed by atoms with Gasteiger partial charge in [0.15, 0.2) is 17.6 Å². The highest BCUT2D eigenvalue weighted by atomic mass is 16.5. The van der Waals surface area contributed by atoms with E-state index in [1.165, 1.54) is 0 Å². The van der Waals surface area contributed by atoms with E-state index in [9.17, 15) is 9.59 Å². The Balaban J connectivity index is 1.67. The van der Waals surface area contributed by atoms with Crippen molar-refractivity contribution >= 4 is 23.2 Å². The van der Waals surface area contributed by atoms with E-state index in [0.717, 1.165) is 18.4 Å². The first kappa shape index (κ1) is 18.8. The molecule has 0 aliphatic heterocycles. The van der Waals surface area contributed by atoms with Gasteiger partial charge >= 0.3 is 0 Å². The van der Waals surface area contributed by atoms with E-state index >= 15 is 0 Å². The van der Waals surface area contributed by atoms with E-state index in [0.29, 0.717) is 22.9 Å². The second kappa shape index (κ2) is 8.12. The lowest BCUT2D eigenvalue weighted by molar-refractivity contribution is -0.122. The quantitative estimate of drug-likeness (QED) is 0.780. The molecule has 1 aliphatic carbocycles. The molecular weight excluding hydrogens is 344 g/mol. The van der Waals surface area contributed by atoms with Crippen LogP contribution in [0.2, 0.25) is 0 Å². The Bertz CT molecular complexity index is 846. The molecule has 6 nitrogen and oxygen atoms in total. The van der Waals surface area contributed by atoms with Crippen LogP contribution >= 0.6 is 0 Å². The molecule has 0 heterocycles. The highest BCUT2D eigenvalue weighted by molar-refractivity contribution is 5.98. The molecule has 1 unspecified atom stereocenters. The van der Waals surface area contributed by atoms with Gasteiger partial charge in [0.25, 0.3) is 5.91 Å². The molecule has 1 saturated carbocycles. The molecule has 2 amide bonds. The van der Waals surface area contributed by atoms with Crippen LogP contribution in [0, 0.1) is 12.8 Å². The number of methoxy groups -OCH3 is 1. The van der Waals surface area contributed by atoms with Crippen molar-refractivity contribution < 1.29 is 19.1 Å². The number of carbonyl (C=O) groups is 2. The van der Waals surface area contributed by atoms with Crippen LogP contribution in [0.25, 0.3) is 0 Å². The highest BCUT2D eigenvalue weighted by Crippen LogP contribution is 2.32. The van der Waals surface area contributed by atoms with Crippen LogP contribution in [0.3, 0.4) is 0 Å². The highest BCUT2D eigenvalue weighted by Gasteiger charge is 2.30. The zero-order chi connectivity index (χ0) is 19.4. The third kappa shape index (κ3) is 4.58. The van der Waals surface area contributed by atoms with Gasteiger partial charge in [-0.05, 0) is 56.5 Å². The standard InChI is InChI=1S/C21H24N2O4/c1-13-16(7-6-8-17(13)23-21(25)15-11-12-15)22-20(24)14(2)27-19-10-5-4-9-18(19)26-3/h4-10,14-15H,11-12H2,1-3H3,(H,22,24)(H,23,25). The second-order valence-electron chi connectivity index (χ2n) is 6.64. The van der Waals surface area contributed by atoms with Crippen molar-refractivity contribution in [3.8, 4) is 11.5 Å². The number of hydrogen-bond donors (Lipinski definition) is 2. The molecule has 0 aromatic heterocycles. The van der Waals surface area contributed by atoms with Crippen molar-refractivity contribution in [2.45, 2.75) is 32.8 Å². The van der Waals surface area contributed by atoms with Crippen LogP contribution in [0.1, 0.15) is 25.3 Å². The number of rotatable bonds is 7. The molecule has 2 aromatic carbocycles. The van der Waals surface area contributed by atoms with Crippen molar-refractivity contribution in [2.75, 3.05) is 17.7 Å². The molecule has 2 N–H and O–H groups in total. The lowest BCUT2D eigenvalue weighted by atomic mass is 10.1. The molecule has 1 atom stereocenters. The fraction of sp³-hybridized carbons (Fsp3) is 0.333. The zero-order valence-corrected chi connectivity index (χ0v) is 15.7. The first-order chi connectivity index (χ1) is 13.0. The summed E-state index contributed by atoms with van der Waals surface area (Å²) in [4.78, 5) is 24.6. The summed E-state index contributed by atoms with van der Waals surface area (Å²) in [6, 6.07) is 12.6. The molecule has 1 aliphatic rings. The van der Waals surface area contributed by atoms with Gasteiger partial charge in [-0.3, -0.25) is 9.59 Å². The first-order valence-corrected chi connectivity index (χ1v) is 9.00. The molecule has 0 bridgehead atoms. The van der Waals surface area contributed by atoms with Crippen molar-refractivity contribution in [1.82, 2.24) is 0 Å². The minimum absolute atomic E-state index is 0.0365. The smallest absolute Gasteiger partial charge is 0.265 e. The molecule has 142 valence electrons. The Hall–Kier alpha value is -3.02. The van der Waals surface area contributed by atoms with Crippen molar-refractivity contribution in [1.29, 1.82) is 0 Å². The summed E-state index contributed by atoms with van der Waals surface area (Å²) in [5.74, 6) is 0.948. The average Bonchev–Trinajstić information content (AvgIpc) is 3.50. The van der Waals surface area contributed by atoms with Crippen LogP contribution in [0.15, 0.2) is 42.5 Å². The van der Waals surface area contributed by atoms with Gasteiger partial charge in [0.2, 0.25) is 5.91 Å². The van der Waals surface area contributed by atoms with E-state index in [2.05, 4.69) is 10.6 Å². The monoisotopic (exact) mass is 368 g/mol. The Morgan fingerprint density at radius 2 is 1.63 bits per heavy atom. The summed E-state index contributed by atoms with van der Waals surface area (Å²) in [5.41, 5.74) is 2.16. The summed E-state index contributed by atoms with van der Waals surface area (Å²) in [6.45, 7) is 3.54. The SMILES string of the molecule is COc1ccccc1OC(C)C(=O)Nc1cccc(NC(=O)C2CC2)c1C. The maximum atomic E-state index is 12.6. The number of amides is 2. The molecule has 2 aromatic rings. The van der Waals surface area contributed by atoms with Gasteiger partial charge in [0.05, 0.1) is 7.11 Å². The van der Waals surface area contributed by atoms with Crippen LogP contribution in [0.5, 0.6) is 11.5 Å². The predicted molar refractivity (Wildman–Crippen MR) is 104 cm³/mol. The molecule has 0 saturated heterocycles. The lowest BCUT2D eigenvalue weighted by Gasteiger charge is -2.18. The molecule has 6 heteroatoms. The minimum Gasteiger partial charge on any atom is -0.493 e. The Morgan fingerprint density at radius 3 is 2.26 bits per heavy atom. The van der Waals surface area contributed by atoms with Crippen LogP contribution in [-0.4, -0.2) is 25.0 Å². The Labute approximate surface area is 158 Å². The van der Waals surface area contributed by atoms with Gasteiger partial charge in [-0.2, -0.15) is 0 Å². The van der Waals surface area contributed by atoms with E-state index in [1.54, 1.807) is 38.3 Å². The number of ether oxygens (including phenoxy) is 2. The predicted octanol–water partition coefficient (Wildman–Crippen LogP) is 3.76. The van der Waals surface area contributed by atoms with Gasteiger partial charge in [-0.1, -0.05) is 18.2 Å². The lowest BCUT2D eigenvalue weighted by Crippen LogP contribution is -2.30. The first-order valence-electron chi connectivity index (χ1n) is 9.00.